The Morgan fingerprint density at radius 2 is 2.18 bits per heavy atom. The van der Waals surface area contributed by atoms with Gasteiger partial charge in [-0.1, -0.05) is 5.21 Å². The molecule has 1 aromatic carbocycles. The Kier molecular flexibility index (Phi) is 4.41. The van der Waals surface area contributed by atoms with Gasteiger partial charge in [-0.05, 0) is 12.1 Å². The van der Waals surface area contributed by atoms with Gasteiger partial charge in [0.05, 0.1) is 30.6 Å². The second-order valence-electron chi connectivity index (χ2n) is 4.42. The van der Waals surface area contributed by atoms with Crippen molar-refractivity contribution in [3.63, 3.8) is 0 Å². The molecule has 0 saturated heterocycles. The number of sulfonamides is 1. The fourth-order valence-electron chi connectivity index (χ4n) is 1.95. The Hall–Kier alpha value is -2.48. The molecule has 0 bridgehead atoms. The van der Waals surface area contributed by atoms with Crippen LogP contribution in [0.1, 0.15) is 5.56 Å². The molecule has 0 aliphatic rings. The number of hydrogen-bond acceptors (Lipinski definition) is 7. The van der Waals surface area contributed by atoms with Crippen LogP contribution in [0, 0.1) is 11.3 Å². The summed E-state index contributed by atoms with van der Waals surface area (Å²) < 4.78 is 29.8. The Morgan fingerprint density at radius 1 is 1.45 bits per heavy atom. The third-order valence-corrected chi connectivity index (χ3v) is 3.93. The van der Waals surface area contributed by atoms with Crippen LogP contribution in [-0.4, -0.2) is 37.1 Å². The third kappa shape index (κ3) is 3.06. The molecule has 22 heavy (non-hydrogen) atoms. The molecule has 4 N–H and O–H groups in total. The fraction of sp³-hybridized carbons (Fsp3) is 0.250. The highest BCUT2D eigenvalue weighted by molar-refractivity contribution is 7.89. The summed E-state index contributed by atoms with van der Waals surface area (Å²) in [6.07, 6.45) is 1.58. The first kappa shape index (κ1) is 15.9. The average molecular weight is 322 g/mol. The summed E-state index contributed by atoms with van der Waals surface area (Å²) in [4.78, 5) is -0.404. The van der Waals surface area contributed by atoms with E-state index in [0.29, 0.717) is 24.4 Å². The van der Waals surface area contributed by atoms with Crippen LogP contribution in [0.3, 0.4) is 0 Å². The van der Waals surface area contributed by atoms with E-state index in [9.17, 15) is 13.7 Å². The SMILES string of the molecule is COCCn1cc(-c2ccc(N)c(S(N)(=O)=O)c2C#N)nn1. The van der Waals surface area contributed by atoms with E-state index in [4.69, 9.17) is 15.6 Å². The molecule has 0 saturated carbocycles. The van der Waals surface area contributed by atoms with Crippen LogP contribution < -0.4 is 10.9 Å². The Morgan fingerprint density at radius 3 is 2.77 bits per heavy atom. The van der Waals surface area contributed by atoms with Crippen molar-refractivity contribution in [2.75, 3.05) is 19.5 Å². The molecule has 1 heterocycles. The molecule has 0 atom stereocenters. The van der Waals surface area contributed by atoms with Crippen molar-refractivity contribution in [2.24, 2.45) is 5.14 Å². The predicted octanol–water partition coefficient (Wildman–Crippen LogP) is -0.307. The Labute approximate surface area is 127 Å². The number of nitrogen functional groups attached to an aromatic ring is 1. The Balaban J connectivity index is 2.58. The van der Waals surface area contributed by atoms with E-state index < -0.39 is 14.9 Å². The van der Waals surface area contributed by atoms with Crippen molar-refractivity contribution < 1.29 is 13.2 Å². The number of nitrogens with zero attached hydrogens (tertiary/aromatic N) is 4. The number of primary sulfonamides is 1. The number of methoxy groups -OCH3 is 1. The lowest BCUT2D eigenvalue weighted by atomic mass is 10.1. The standard InChI is InChI=1S/C12H14N6O3S/c1-21-5-4-18-7-11(16-17-18)8-2-3-10(14)12(9(8)6-13)22(15,19)20/h2-3,7H,4-5,14H2,1H3,(H2,15,19,20). The zero-order valence-electron chi connectivity index (χ0n) is 11.7. The van der Waals surface area contributed by atoms with Crippen LogP contribution in [0.4, 0.5) is 5.69 Å². The van der Waals surface area contributed by atoms with Gasteiger partial charge in [0.15, 0.2) is 0 Å². The van der Waals surface area contributed by atoms with Crippen LogP contribution in [0.15, 0.2) is 23.2 Å². The molecule has 2 rings (SSSR count). The van der Waals surface area contributed by atoms with E-state index in [1.807, 2.05) is 6.07 Å². The monoisotopic (exact) mass is 322 g/mol. The summed E-state index contributed by atoms with van der Waals surface area (Å²) in [7, 11) is -2.58. The molecule has 0 aliphatic carbocycles. The van der Waals surface area contributed by atoms with Gasteiger partial charge in [-0.3, -0.25) is 0 Å². The first-order chi connectivity index (χ1) is 10.4. The van der Waals surface area contributed by atoms with Gasteiger partial charge in [0.1, 0.15) is 16.7 Å². The van der Waals surface area contributed by atoms with Crippen LogP contribution in [0.25, 0.3) is 11.3 Å². The third-order valence-electron chi connectivity index (χ3n) is 2.92. The second kappa shape index (κ2) is 6.10. The van der Waals surface area contributed by atoms with Crippen LogP contribution in [0.2, 0.25) is 0 Å². The fourth-order valence-corrected chi connectivity index (χ4v) is 2.78. The minimum atomic E-state index is -4.14. The topological polar surface area (TPSA) is 150 Å². The van der Waals surface area contributed by atoms with E-state index in [-0.39, 0.29) is 11.3 Å². The maximum absolute atomic E-state index is 11.7. The minimum Gasteiger partial charge on any atom is -0.398 e. The number of hydrogen-bond donors (Lipinski definition) is 2. The van der Waals surface area contributed by atoms with E-state index in [0.717, 1.165) is 0 Å². The summed E-state index contributed by atoms with van der Waals surface area (Å²) in [6.45, 7) is 0.917. The van der Waals surface area contributed by atoms with Crippen molar-refractivity contribution in [3.8, 4) is 17.3 Å². The maximum Gasteiger partial charge on any atom is 0.241 e. The lowest BCUT2D eigenvalue weighted by Gasteiger charge is -2.08. The summed E-state index contributed by atoms with van der Waals surface area (Å²) >= 11 is 0. The molecule has 2 aromatic rings. The lowest BCUT2D eigenvalue weighted by molar-refractivity contribution is 0.183. The van der Waals surface area contributed by atoms with E-state index in [1.54, 1.807) is 13.3 Å². The molecule has 0 spiro atoms. The van der Waals surface area contributed by atoms with Crippen molar-refractivity contribution in [2.45, 2.75) is 11.4 Å². The van der Waals surface area contributed by atoms with Crippen molar-refractivity contribution in [1.29, 1.82) is 5.26 Å². The normalized spacial score (nSPS) is 11.3. The lowest BCUT2D eigenvalue weighted by Crippen LogP contribution is -2.16. The number of ether oxygens (including phenoxy) is 1. The van der Waals surface area contributed by atoms with E-state index in [1.165, 1.54) is 16.8 Å². The van der Waals surface area contributed by atoms with E-state index >= 15 is 0 Å². The van der Waals surface area contributed by atoms with Crippen molar-refractivity contribution >= 4 is 15.7 Å². The highest BCUT2D eigenvalue weighted by Gasteiger charge is 2.22. The number of aromatic nitrogens is 3. The Bertz CT molecular complexity index is 837. The van der Waals surface area contributed by atoms with Gasteiger partial charge in [0.2, 0.25) is 10.0 Å². The average Bonchev–Trinajstić information content (AvgIpc) is 2.91. The van der Waals surface area contributed by atoms with Crippen LogP contribution >= 0.6 is 0 Å². The number of nitrogens with two attached hydrogens (primary N) is 2. The second-order valence-corrected chi connectivity index (χ2v) is 5.92. The molecular weight excluding hydrogens is 308 g/mol. The van der Waals surface area contributed by atoms with Gasteiger partial charge in [-0.25, -0.2) is 18.2 Å². The first-order valence-electron chi connectivity index (χ1n) is 6.13. The van der Waals surface area contributed by atoms with Gasteiger partial charge in [0, 0.05) is 12.7 Å². The summed E-state index contributed by atoms with van der Waals surface area (Å²) in [5.41, 5.74) is 6.03. The largest absolute Gasteiger partial charge is 0.398 e. The summed E-state index contributed by atoms with van der Waals surface area (Å²) in [5.74, 6) is 0. The van der Waals surface area contributed by atoms with Gasteiger partial charge >= 0.3 is 0 Å². The zero-order chi connectivity index (χ0) is 16.3. The summed E-state index contributed by atoms with van der Waals surface area (Å²) in [6, 6.07) is 4.69. The molecule has 0 fully saturated rings. The van der Waals surface area contributed by atoms with Crippen LogP contribution in [0.5, 0.6) is 0 Å². The van der Waals surface area contributed by atoms with E-state index in [2.05, 4.69) is 10.3 Å². The summed E-state index contributed by atoms with van der Waals surface area (Å²) in [5, 5.41) is 22.2. The highest BCUT2D eigenvalue weighted by Crippen LogP contribution is 2.30. The maximum atomic E-state index is 11.7. The molecule has 0 unspecified atom stereocenters. The quantitative estimate of drug-likeness (QED) is 0.717. The molecule has 10 heteroatoms. The van der Waals surface area contributed by atoms with Crippen LogP contribution in [-0.2, 0) is 21.3 Å². The highest BCUT2D eigenvalue weighted by atomic mass is 32.2. The van der Waals surface area contributed by atoms with Gasteiger partial charge in [-0.2, -0.15) is 5.26 Å². The molecule has 0 radical (unpaired) electrons. The number of rotatable bonds is 5. The molecule has 1 aromatic heterocycles. The van der Waals surface area contributed by atoms with Crippen molar-refractivity contribution in [1.82, 2.24) is 15.0 Å². The number of nitriles is 1. The number of anilines is 1. The molecule has 0 aliphatic heterocycles. The van der Waals surface area contributed by atoms with Crippen molar-refractivity contribution in [3.05, 3.63) is 23.9 Å². The zero-order valence-corrected chi connectivity index (χ0v) is 12.5. The molecule has 0 amide bonds. The predicted molar refractivity (Wildman–Crippen MR) is 77.8 cm³/mol. The molecule has 9 nitrogen and oxygen atoms in total. The molecule has 116 valence electrons. The molecular formula is C12H14N6O3S. The first-order valence-corrected chi connectivity index (χ1v) is 7.68. The smallest absolute Gasteiger partial charge is 0.241 e. The minimum absolute atomic E-state index is 0.0884. The van der Waals surface area contributed by atoms with Gasteiger partial charge in [-0.15, -0.1) is 5.10 Å². The number of benzene rings is 1. The van der Waals surface area contributed by atoms with Gasteiger partial charge < -0.3 is 10.5 Å². The van der Waals surface area contributed by atoms with Gasteiger partial charge in [0.25, 0.3) is 0 Å².